The molecular weight excluding hydrogens is 354 g/mol. The van der Waals surface area contributed by atoms with Crippen molar-refractivity contribution >= 4 is 44.2 Å². The number of aromatic amines is 1. The first-order chi connectivity index (χ1) is 10.1. The van der Waals surface area contributed by atoms with Gasteiger partial charge in [0.15, 0.2) is 5.78 Å². The Kier molecular flexibility index (Phi) is 3.74. The zero-order valence-corrected chi connectivity index (χ0v) is 13.5. The maximum atomic E-state index is 12.8. The van der Waals surface area contributed by atoms with Gasteiger partial charge in [0.05, 0.1) is 23.2 Å². The number of ether oxygens (including phenoxy) is 1. The van der Waals surface area contributed by atoms with E-state index in [1.807, 2.05) is 18.2 Å². The number of carbonyl (C=O) groups excluding carboxylic acids is 1. The standard InChI is InChI=1S/C16H11BrClNO2/c1-21-14-7-9(17)5-6-11(14)16(20)12-8-19-15-10(12)3-2-4-13(15)18/h2-8,19H,1H3. The third-order valence-electron chi connectivity index (χ3n) is 3.32. The van der Waals surface area contributed by atoms with E-state index in [1.54, 1.807) is 31.5 Å². The highest BCUT2D eigenvalue weighted by Crippen LogP contribution is 2.30. The van der Waals surface area contributed by atoms with Gasteiger partial charge in [-0.3, -0.25) is 4.79 Å². The van der Waals surface area contributed by atoms with Crippen molar-refractivity contribution in [3.8, 4) is 5.75 Å². The van der Waals surface area contributed by atoms with Crippen LogP contribution in [0.4, 0.5) is 0 Å². The van der Waals surface area contributed by atoms with Gasteiger partial charge in [-0.25, -0.2) is 0 Å². The summed E-state index contributed by atoms with van der Waals surface area (Å²) in [6.07, 6.45) is 1.68. The molecule has 0 atom stereocenters. The molecule has 1 heterocycles. The first-order valence-corrected chi connectivity index (χ1v) is 7.42. The molecule has 2 aromatic carbocycles. The number of aromatic nitrogens is 1. The Labute approximate surface area is 135 Å². The van der Waals surface area contributed by atoms with Gasteiger partial charge in [-0.15, -0.1) is 0 Å². The summed E-state index contributed by atoms with van der Waals surface area (Å²) >= 11 is 9.50. The van der Waals surface area contributed by atoms with Crippen LogP contribution in [-0.2, 0) is 0 Å². The fourth-order valence-electron chi connectivity index (χ4n) is 2.30. The van der Waals surface area contributed by atoms with Gasteiger partial charge in [-0.1, -0.05) is 39.7 Å². The Hall–Kier alpha value is -1.78. The van der Waals surface area contributed by atoms with Gasteiger partial charge < -0.3 is 9.72 Å². The third kappa shape index (κ3) is 2.45. The number of carbonyl (C=O) groups is 1. The van der Waals surface area contributed by atoms with Gasteiger partial charge in [0.2, 0.25) is 0 Å². The summed E-state index contributed by atoms with van der Waals surface area (Å²) in [5, 5.41) is 1.40. The number of para-hydroxylation sites is 1. The zero-order chi connectivity index (χ0) is 15.0. The highest BCUT2D eigenvalue weighted by molar-refractivity contribution is 9.10. The van der Waals surface area contributed by atoms with Crippen LogP contribution >= 0.6 is 27.5 Å². The predicted octanol–water partition coefficient (Wildman–Crippen LogP) is 4.82. The van der Waals surface area contributed by atoms with Crippen LogP contribution in [0, 0.1) is 0 Å². The lowest BCUT2D eigenvalue weighted by atomic mass is 10.0. The molecule has 1 aromatic heterocycles. The lowest BCUT2D eigenvalue weighted by Crippen LogP contribution is -2.03. The molecular formula is C16H11BrClNO2. The van der Waals surface area contributed by atoms with E-state index in [4.69, 9.17) is 16.3 Å². The molecule has 3 rings (SSSR count). The number of benzene rings is 2. The molecule has 0 saturated heterocycles. The molecule has 0 fully saturated rings. The summed E-state index contributed by atoms with van der Waals surface area (Å²) in [5.74, 6) is 0.429. The molecule has 3 aromatic rings. The molecule has 1 N–H and O–H groups in total. The van der Waals surface area contributed by atoms with E-state index in [-0.39, 0.29) is 5.78 Å². The minimum atomic E-state index is -0.104. The van der Waals surface area contributed by atoms with Crippen LogP contribution in [0.25, 0.3) is 10.9 Å². The molecule has 0 aliphatic heterocycles. The lowest BCUT2D eigenvalue weighted by molar-refractivity contribution is 0.103. The van der Waals surface area contributed by atoms with Crippen molar-refractivity contribution in [2.75, 3.05) is 7.11 Å². The molecule has 0 aliphatic carbocycles. The first kappa shape index (κ1) is 14.2. The fourth-order valence-corrected chi connectivity index (χ4v) is 2.87. The van der Waals surface area contributed by atoms with E-state index in [2.05, 4.69) is 20.9 Å². The van der Waals surface area contributed by atoms with Crippen molar-refractivity contribution < 1.29 is 9.53 Å². The zero-order valence-electron chi connectivity index (χ0n) is 11.1. The lowest BCUT2D eigenvalue weighted by Gasteiger charge is -2.07. The summed E-state index contributed by atoms with van der Waals surface area (Å²) in [4.78, 5) is 15.8. The molecule has 0 unspecified atom stereocenters. The second-order valence-corrected chi connectivity index (χ2v) is 5.86. The Morgan fingerprint density at radius 1 is 1.24 bits per heavy atom. The van der Waals surface area contributed by atoms with E-state index in [0.717, 1.165) is 15.4 Å². The first-order valence-electron chi connectivity index (χ1n) is 6.25. The fraction of sp³-hybridized carbons (Fsp3) is 0.0625. The van der Waals surface area contributed by atoms with Crippen molar-refractivity contribution in [2.45, 2.75) is 0 Å². The van der Waals surface area contributed by atoms with Crippen molar-refractivity contribution in [3.05, 3.63) is 63.2 Å². The van der Waals surface area contributed by atoms with Crippen molar-refractivity contribution in [2.24, 2.45) is 0 Å². The van der Waals surface area contributed by atoms with Crippen LogP contribution in [0.1, 0.15) is 15.9 Å². The number of hydrogen-bond acceptors (Lipinski definition) is 2. The Balaban J connectivity index is 2.15. The number of nitrogens with one attached hydrogen (secondary N) is 1. The van der Waals surface area contributed by atoms with E-state index in [1.165, 1.54) is 0 Å². The average Bonchev–Trinajstić information content (AvgIpc) is 2.92. The summed E-state index contributed by atoms with van der Waals surface area (Å²) in [6.45, 7) is 0. The predicted molar refractivity (Wildman–Crippen MR) is 87.4 cm³/mol. The van der Waals surface area contributed by atoms with E-state index < -0.39 is 0 Å². The van der Waals surface area contributed by atoms with Crippen LogP contribution in [-0.4, -0.2) is 17.9 Å². The van der Waals surface area contributed by atoms with Crippen LogP contribution in [0.3, 0.4) is 0 Å². The summed E-state index contributed by atoms with van der Waals surface area (Å²) in [5.41, 5.74) is 1.85. The van der Waals surface area contributed by atoms with Crippen molar-refractivity contribution in [3.63, 3.8) is 0 Å². The smallest absolute Gasteiger partial charge is 0.198 e. The van der Waals surface area contributed by atoms with Gasteiger partial charge in [0, 0.05) is 21.6 Å². The Morgan fingerprint density at radius 2 is 2.05 bits per heavy atom. The Morgan fingerprint density at radius 3 is 2.81 bits per heavy atom. The van der Waals surface area contributed by atoms with Crippen LogP contribution in [0.5, 0.6) is 5.75 Å². The number of fused-ring (bicyclic) bond motifs is 1. The quantitative estimate of drug-likeness (QED) is 0.677. The molecule has 0 bridgehead atoms. The van der Waals surface area contributed by atoms with Gasteiger partial charge in [0.1, 0.15) is 5.75 Å². The van der Waals surface area contributed by atoms with Gasteiger partial charge in [-0.05, 0) is 24.3 Å². The number of rotatable bonds is 3. The van der Waals surface area contributed by atoms with Gasteiger partial charge >= 0.3 is 0 Å². The van der Waals surface area contributed by atoms with E-state index >= 15 is 0 Å². The molecule has 21 heavy (non-hydrogen) atoms. The number of H-pyrrole nitrogens is 1. The molecule has 0 aliphatic rings. The van der Waals surface area contributed by atoms with Gasteiger partial charge in [-0.2, -0.15) is 0 Å². The summed E-state index contributed by atoms with van der Waals surface area (Å²) < 4.78 is 6.15. The molecule has 5 heteroatoms. The van der Waals surface area contributed by atoms with Crippen LogP contribution < -0.4 is 4.74 Å². The van der Waals surface area contributed by atoms with Crippen LogP contribution in [0.15, 0.2) is 47.1 Å². The summed E-state index contributed by atoms with van der Waals surface area (Å²) in [6, 6.07) is 10.8. The van der Waals surface area contributed by atoms with Crippen LogP contribution in [0.2, 0.25) is 5.02 Å². The summed E-state index contributed by atoms with van der Waals surface area (Å²) in [7, 11) is 1.55. The highest BCUT2D eigenvalue weighted by Gasteiger charge is 2.18. The van der Waals surface area contributed by atoms with Crippen molar-refractivity contribution in [1.82, 2.24) is 4.98 Å². The van der Waals surface area contributed by atoms with E-state index in [9.17, 15) is 4.79 Å². The third-order valence-corrected chi connectivity index (χ3v) is 4.13. The normalized spacial score (nSPS) is 10.8. The molecule has 0 radical (unpaired) electrons. The topological polar surface area (TPSA) is 42.1 Å². The molecule has 0 amide bonds. The number of ketones is 1. The van der Waals surface area contributed by atoms with E-state index in [0.29, 0.717) is 21.9 Å². The monoisotopic (exact) mass is 363 g/mol. The highest BCUT2D eigenvalue weighted by atomic mass is 79.9. The second kappa shape index (κ2) is 5.54. The largest absolute Gasteiger partial charge is 0.496 e. The van der Waals surface area contributed by atoms with Gasteiger partial charge in [0.25, 0.3) is 0 Å². The Bertz CT molecular complexity index is 841. The maximum absolute atomic E-state index is 12.8. The number of methoxy groups -OCH3 is 1. The number of halogens is 2. The van der Waals surface area contributed by atoms with Crippen molar-refractivity contribution in [1.29, 1.82) is 0 Å². The molecule has 0 spiro atoms. The molecule has 106 valence electrons. The minimum Gasteiger partial charge on any atom is -0.496 e. The maximum Gasteiger partial charge on any atom is 0.198 e. The second-order valence-electron chi connectivity index (χ2n) is 4.54. The minimum absolute atomic E-state index is 0.104. The SMILES string of the molecule is COc1cc(Br)ccc1C(=O)c1c[nH]c2c(Cl)cccc12. The number of hydrogen-bond donors (Lipinski definition) is 1. The molecule has 3 nitrogen and oxygen atoms in total. The average molecular weight is 365 g/mol. The molecule has 0 saturated carbocycles.